The maximum absolute atomic E-state index is 13.1. The van der Waals surface area contributed by atoms with E-state index in [4.69, 9.17) is 16.6 Å². The Balaban J connectivity index is 2.19. The third kappa shape index (κ3) is 9.08. The van der Waals surface area contributed by atoms with Crippen LogP contribution in [0, 0.1) is 0 Å². The Bertz CT molecular complexity index is 1230. The number of fused-ring (bicyclic) bond motifs is 1. The first kappa shape index (κ1) is 30.7. The molecule has 0 bridgehead atoms. The summed E-state index contributed by atoms with van der Waals surface area (Å²) in [5.41, 5.74) is 12.0. The van der Waals surface area contributed by atoms with Crippen LogP contribution < -0.4 is 27.4 Å². The number of aliphatic carboxylic acids is 2. The van der Waals surface area contributed by atoms with Gasteiger partial charge in [-0.2, -0.15) is 0 Å². The van der Waals surface area contributed by atoms with Gasteiger partial charge in [0.15, 0.2) is 0 Å². The Morgan fingerprint density at radius 2 is 1.59 bits per heavy atom. The lowest BCUT2D eigenvalue weighted by atomic mass is 10.0. The van der Waals surface area contributed by atoms with Crippen LogP contribution >= 0.6 is 0 Å². The van der Waals surface area contributed by atoms with Gasteiger partial charge in [-0.1, -0.05) is 18.2 Å². The fourth-order valence-electron chi connectivity index (χ4n) is 3.76. The second kappa shape index (κ2) is 13.9. The number of nitrogens with two attached hydrogens (primary N) is 2. The number of carboxylic acids is 2. The molecule has 0 radical (unpaired) electrons. The van der Waals surface area contributed by atoms with Gasteiger partial charge in [0.25, 0.3) is 0 Å². The van der Waals surface area contributed by atoms with Crippen molar-refractivity contribution in [2.75, 3.05) is 0 Å². The van der Waals surface area contributed by atoms with Gasteiger partial charge >= 0.3 is 11.9 Å². The number of para-hydroxylation sites is 1. The number of aromatic nitrogens is 1. The highest BCUT2D eigenvalue weighted by atomic mass is 16.4. The molecule has 1 aromatic heterocycles. The summed E-state index contributed by atoms with van der Waals surface area (Å²) in [6, 6.07) is 1.10. The Kier molecular flexibility index (Phi) is 10.9. The van der Waals surface area contributed by atoms with Crippen molar-refractivity contribution < 1.29 is 44.1 Å². The van der Waals surface area contributed by atoms with Crippen LogP contribution in [0.5, 0.6) is 0 Å². The fraction of sp³-hybridized carbons (Fsp3) is 0.417. The zero-order valence-corrected chi connectivity index (χ0v) is 21.0. The Morgan fingerprint density at radius 1 is 0.949 bits per heavy atom. The van der Waals surface area contributed by atoms with Gasteiger partial charge in [-0.05, 0) is 25.0 Å². The first-order chi connectivity index (χ1) is 18.3. The van der Waals surface area contributed by atoms with Crippen LogP contribution in [0.25, 0.3) is 10.9 Å². The highest BCUT2D eigenvalue weighted by Gasteiger charge is 2.33. The van der Waals surface area contributed by atoms with E-state index >= 15 is 0 Å². The molecule has 5 atom stereocenters. The molecule has 0 aliphatic rings. The van der Waals surface area contributed by atoms with E-state index in [1.165, 1.54) is 0 Å². The minimum atomic E-state index is -1.65. The zero-order valence-electron chi connectivity index (χ0n) is 21.0. The highest BCUT2D eigenvalue weighted by Crippen LogP contribution is 2.19. The Morgan fingerprint density at radius 3 is 2.18 bits per heavy atom. The van der Waals surface area contributed by atoms with Gasteiger partial charge in [-0.25, -0.2) is 4.79 Å². The highest BCUT2D eigenvalue weighted by molar-refractivity contribution is 5.95. The minimum absolute atomic E-state index is 0.102. The first-order valence-corrected chi connectivity index (χ1v) is 11.9. The van der Waals surface area contributed by atoms with Crippen molar-refractivity contribution >= 4 is 46.5 Å². The molecule has 212 valence electrons. The topological polar surface area (TPSA) is 267 Å². The normalized spacial score (nSPS) is 14.8. The monoisotopic (exact) mass is 548 g/mol. The average Bonchev–Trinajstić information content (AvgIpc) is 3.26. The molecule has 1 heterocycles. The van der Waals surface area contributed by atoms with Crippen molar-refractivity contribution in [2.24, 2.45) is 11.5 Å². The van der Waals surface area contributed by atoms with E-state index in [-0.39, 0.29) is 19.3 Å². The van der Waals surface area contributed by atoms with Gasteiger partial charge in [-0.15, -0.1) is 0 Å². The van der Waals surface area contributed by atoms with E-state index in [1.807, 2.05) is 0 Å². The second-order valence-electron chi connectivity index (χ2n) is 8.96. The van der Waals surface area contributed by atoms with Crippen LogP contribution in [0.3, 0.4) is 0 Å². The number of aliphatic hydroxyl groups is 1. The van der Waals surface area contributed by atoms with Crippen LogP contribution in [0.15, 0.2) is 30.5 Å². The van der Waals surface area contributed by atoms with E-state index in [1.54, 1.807) is 30.5 Å². The van der Waals surface area contributed by atoms with Crippen molar-refractivity contribution in [3.05, 3.63) is 36.0 Å². The number of aromatic amines is 1. The molecule has 0 fully saturated rings. The number of amides is 4. The molecule has 2 rings (SSSR count). The van der Waals surface area contributed by atoms with Gasteiger partial charge in [-0.3, -0.25) is 24.0 Å². The average molecular weight is 549 g/mol. The molecule has 15 heteroatoms. The first-order valence-electron chi connectivity index (χ1n) is 11.9. The van der Waals surface area contributed by atoms with Crippen molar-refractivity contribution in [2.45, 2.75) is 62.9 Å². The number of hydrogen-bond acceptors (Lipinski definition) is 8. The molecule has 1 aromatic carbocycles. The minimum Gasteiger partial charge on any atom is -0.481 e. The van der Waals surface area contributed by atoms with Crippen molar-refractivity contribution in [3.63, 3.8) is 0 Å². The predicted octanol–water partition coefficient (Wildman–Crippen LogP) is -2.30. The van der Waals surface area contributed by atoms with E-state index in [9.17, 15) is 39.0 Å². The van der Waals surface area contributed by atoms with E-state index in [2.05, 4.69) is 20.9 Å². The molecule has 39 heavy (non-hydrogen) atoms. The summed E-state index contributed by atoms with van der Waals surface area (Å²) in [6.45, 7) is 1.16. The second-order valence-corrected chi connectivity index (χ2v) is 8.96. The van der Waals surface area contributed by atoms with Crippen LogP contribution in [0.2, 0.25) is 0 Å². The number of primary amides is 1. The number of nitrogens with one attached hydrogen (secondary N) is 4. The number of benzene rings is 1. The van der Waals surface area contributed by atoms with Crippen molar-refractivity contribution in [1.82, 2.24) is 20.9 Å². The lowest BCUT2D eigenvalue weighted by molar-refractivity contribution is -0.142. The van der Waals surface area contributed by atoms with Crippen molar-refractivity contribution in [1.29, 1.82) is 0 Å². The summed E-state index contributed by atoms with van der Waals surface area (Å²) in [5.74, 6) is -6.56. The third-order valence-corrected chi connectivity index (χ3v) is 5.82. The molecule has 11 N–H and O–H groups in total. The number of hydrogen-bond donors (Lipinski definition) is 9. The van der Waals surface area contributed by atoms with E-state index in [0.29, 0.717) is 5.56 Å². The molecule has 2 aromatic rings. The summed E-state index contributed by atoms with van der Waals surface area (Å²) >= 11 is 0. The molecule has 5 unspecified atom stereocenters. The maximum Gasteiger partial charge on any atom is 0.326 e. The van der Waals surface area contributed by atoms with Crippen LogP contribution in [0.1, 0.15) is 31.7 Å². The molecule has 0 spiro atoms. The largest absolute Gasteiger partial charge is 0.481 e. The van der Waals surface area contributed by atoms with Crippen LogP contribution in [-0.4, -0.2) is 86.1 Å². The molecular weight excluding hydrogens is 516 g/mol. The molecular formula is C24H32N6O9. The predicted molar refractivity (Wildman–Crippen MR) is 136 cm³/mol. The van der Waals surface area contributed by atoms with Crippen LogP contribution in [-0.2, 0) is 35.2 Å². The van der Waals surface area contributed by atoms with Gasteiger partial charge < -0.3 is 47.7 Å². The Hall–Kier alpha value is -4.50. The van der Waals surface area contributed by atoms with Gasteiger partial charge in [0, 0.05) is 29.9 Å². The number of H-pyrrole nitrogens is 1. The maximum atomic E-state index is 13.1. The van der Waals surface area contributed by atoms with Crippen LogP contribution in [0.4, 0.5) is 0 Å². The summed E-state index contributed by atoms with van der Waals surface area (Å²) < 4.78 is 0. The lowest BCUT2D eigenvalue weighted by Gasteiger charge is -2.26. The molecule has 0 aliphatic heterocycles. The number of carbonyl (C=O) groups excluding carboxylic acids is 4. The van der Waals surface area contributed by atoms with Gasteiger partial charge in [0.1, 0.15) is 18.1 Å². The van der Waals surface area contributed by atoms with Gasteiger partial charge in [0.2, 0.25) is 23.6 Å². The lowest BCUT2D eigenvalue weighted by Crippen LogP contribution is -2.60. The SMILES string of the molecule is CC(O)C(NC(=O)C(N)CC(=O)O)C(=O)NC(CCC(N)=O)C(=O)NC(Cc1c[nH]c2ccccc12)C(=O)O. The van der Waals surface area contributed by atoms with Crippen molar-refractivity contribution in [3.8, 4) is 0 Å². The summed E-state index contributed by atoms with van der Waals surface area (Å²) in [4.78, 5) is 75.3. The Labute approximate surface area is 222 Å². The smallest absolute Gasteiger partial charge is 0.326 e. The summed E-state index contributed by atoms with van der Waals surface area (Å²) in [6.07, 6.45) is -1.39. The standard InChI is InChI=1S/C24H32N6O9/c1-11(31)20(30-21(35)14(25)9-19(33)34)23(37)28-16(6-7-18(26)32)22(36)29-17(24(38)39)8-12-10-27-15-5-3-2-4-13(12)15/h2-5,10-11,14,16-17,20,27,31H,6-9,25H2,1H3,(H2,26,32)(H,28,37)(H,29,36)(H,30,35)(H,33,34)(H,38,39). The van der Waals surface area contributed by atoms with E-state index < -0.39 is 72.3 Å². The quantitative estimate of drug-likeness (QED) is 0.115. The third-order valence-electron chi connectivity index (χ3n) is 5.82. The molecule has 4 amide bonds. The molecule has 0 saturated heterocycles. The molecule has 0 saturated carbocycles. The summed E-state index contributed by atoms with van der Waals surface area (Å²) in [5, 5.41) is 36.1. The summed E-state index contributed by atoms with van der Waals surface area (Å²) in [7, 11) is 0. The van der Waals surface area contributed by atoms with Gasteiger partial charge in [0.05, 0.1) is 18.6 Å². The number of carboxylic acid groups (broad SMARTS) is 2. The number of aliphatic hydroxyl groups excluding tert-OH is 1. The zero-order chi connectivity index (χ0) is 29.3. The fourth-order valence-corrected chi connectivity index (χ4v) is 3.76. The molecule has 15 nitrogen and oxygen atoms in total. The number of carbonyl (C=O) groups is 6. The van der Waals surface area contributed by atoms with E-state index in [0.717, 1.165) is 17.8 Å². The molecule has 0 aliphatic carbocycles. The number of rotatable bonds is 15.